The summed E-state index contributed by atoms with van der Waals surface area (Å²) in [4.78, 5) is 23.3. The van der Waals surface area contributed by atoms with Crippen LogP contribution in [0.15, 0.2) is 0 Å². The molecule has 0 bridgehead atoms. The number of ether oxygens (including phenoxy) is 2. The fourth-order valence-corrected chi connectivity index (χ4v) is 2.64. The van der Waals surface area contributed by atoms with E-state index in [1.807, 2.05) is 13.8 Å². The largest absolute Gasteiger partial charge is 1.00 e. The van der Waals surface area contributed by atoms with E-state index in [9.17, 15) is 9.59 Å². The Morgan fingerprint density at radius 2 is 1.28 bits per heavy atom. The minimum Gasteiger partial charge on any atom is -0.500 e. The van der Waals surface area contributed by atoms with Gasteiger partial charge in [0, 0.05) is 0 Å². The van der Waals surface area contributed by atoms with Gasteiger partial charge in [0.05, 0.1) is 13.2 Å². The molecule has 6 heteroatoms. The molecular weight excluding hydrogens is 278 g/mol. The summed E-state index contributed by atoms with van der Waals surface area (Å²) >= 11 is 0. The Hall–Kier alpha value is 0.356. The molecule has 0 aromatic carbocycles. The van der Waals surface area contributed by atoms with Crippen molar-refractivity contribution in [3.05, 3.63) is 21.7 Å². The molecule has 0 saturated heterocycles. The van der Waals surface area contributed by atoms with Gasteiger partial charge in [-0.1, -0.05) is 21.7 Å². The van der Waals surface area contributed by atoms with Crippen molar-refractivity contribution in [2.45, 2.75) is 27.7 Å². The molecule has 1 aromatic rings. The summed E-state index contributed by atoms with van der Waals surface area (Å²) in [6.07, 6.45) is 0. The Morgan fingerprint density at radius 3 is 1.56 bits per heavy atom. The van der Waals surface area contributed by atoms with Gasteiger partial charge in [0.2, 0.25) is 0 Å². The zero-order valence-electron chi connectivity index (χ0n) is 11.5. The van der Waals surface area contributed by atoms with Crippen molar-refractivity contribution in [3.8, 4) is 0 Å². The van der Waals surface area contributed by atoms with Gasteiger partial charge < -0.3 is 17.7 Å². The second-order valence-corrected chi connectivity index (χ2v) is 4.62. The first-order valence-corrected chi connectivity index (χ1v) is 6.40. The summed E-state index contributed by atoms with van der Waals surface area (Å²) in [6.45, 7) is 7.82. The number of esters is 2. The monoisotopic (exact) mass is 294 g/mol. The van der Waals surface area contributed by atoms with Crippen molar-refractivity contribution >= 4 is 20.1 Å². The molecule has 0 aliphatic carbocycles. The molecule has 1 aromatic heterocycles. The van der Waals surface area contributed by atoms with Gasteiger partial charge in [-0.3, -0.25) is 0 Å². The molecule has 18 heavy (non-hydrogen) atoms. The van der Waals surface area contributed by atoms with Gasteiger partial charge >= 0.3 is 63.3 Å². The van der Waals surface area contributed by atoms with E-state index in [1.165, 1.54) is 0 Å². The third kappa shape index (κ3) is 4.19. The van der Waals surface area contributed by atoms with Gasteiger partial charge in [-0.15, -0.1) is 0 Å². The maximum absolute atomic E-state index is 11.7. The van der Waals surface area contributed by atoms with Crippen LogP contribution in [0.4, 0.5) is 0 Å². The van der Waals surface area contributed by atoms with E-state index in [0.29, 0.717) is 32.0 Å². The van der Waals surface area contributed by atoms with E-state index in [4.69, 9.17) is 9.47 Å². The van der Waals surface area contributed by atoms with Crippen LogP contribution >= 0.6 is 8.19 Å². The maximum Gasteiger partial charge on any atom is 1.00 e. The fraction of sp³-hybridized carbons (Fsp3) is 0.500. The Kier molecular flexibility index (Phi) is 8.68. The van der Waals surface area contributed by atoms with Gasteiger partial charge in [0.15, 0.2) is 0 Å². The van der Waals surface area contributed by atoms with E-state index in [0.717, 1.165) is 11.1 Å². The first-order chi connectivity index (χ1) is 8.02. The van der Waals surface area contributed by atoms with Crippen molar-refractivity contribution < 1.29 is 70.4 Å². The van der Waals surface area contributed by atoms with Crippen LogP contribution in [0, 0.1) is 13.8 Å². The Bertz CT molecular complexity index is 401. The first-order valence-electron chi connectivity index (χ1n) is 5.51. The second kappa shape index (κ2) is 8.51. The summed E-state index contributed by atoms with van der Waals surface area (Å²) in [6, 6.07) is 0. The summed E-state index contributed by atoms with van der Waals surface area (Å²) in [7, 11) is 0.588. The molecule has 0 spiro atoms. The van der Waals surface area contributed by atoms with Crippen molar-refractivity contribution in [2.75, 3.05) is 13.2 Å². The van der Waals surface area contributed by atoms with Crippen LogP contribution in [0.25, 0.3) is 0 Å². The molecule has 0 atom stereocenters. The van der Waals surface area contributed by atoms with Gasteiger partial charge in [-0.2, -0.15) is 0 Å². The maximum atomic E-state index is 11.7. The number of carbonyl (C=O) groups excluding carboxylic acids is 2. The smallest absolute Gasteiger partial charge is 0.500 e. The molecule has 0 aliphatic rings. The van der Waals surface area contributed by atoms with Crippen LogP contribution in [0.1, 0.15) is 45.2 Å². The number of rotatable bonds is 4. The molecule has 1 heterocycles. The Morgan fingerprint density at radius 1 is 0.944 bits per heavy atom. The molecule has 4 nitrogen and oxygen atoms in total. The van der Waals surface area contributed by atoms with E-state index in [-0.39, 0.29) is 63.3 Å². The minimum atomic E-state index is -0.356. The number of hydrogen-bond donors (Lipinski definition) is 0. The number of carbonyl (C=O) groups is 2. The van der Waals surface area contributed by atoms with Crippen molar-refractivity contribution in [2.24, 2.45) is 0 Å². The molecule has 0 radical (unpaired) electrons. The molecule has 0 fully saturated rings. The first kappa shape index (κ1) is 18.4. The SMILES string of the molecule is CCOC(=O)c1[p-]c(C(=O)OCC)c(C)c1C.[K+]. The summed E-state index contributed by atoms with van der Waals surface area (Å²) in [5.41, 5.74) is 1.63. The third-order valence-corrected chi connectivity index (χ3v) is 3.92. The molecule has 0 amide bonds. The average Bonchev–Trinajstić information content (AvgIpc) is 2.57. The van der Waals surface area contributed by atoms with E-state index < -0.39 is 0 Å². The van der Waals surface area contributed by atoms with Gasteiger partial charge in [-0.25, -0.2) is 9.59 Å². The van der Waals surface area contributed by atoms with Crippen LogP contribution in [-0.2, 0) is 9.47 Å². The normalized spacial score (nSPS) is 9.56. The summed E-state index contributed by atoms with van der Waals surface area (Å²) in [5.74, 6) is -0.712. The Balaban J connectivity index is 0.00000289. The standard InChI is InChI=1S/C12H16O4P.K/c1-5-15-11(13)9-7(3)8(4)10(17-9)12(14)16-6-2;/h5-6H2,1-4H3;/q-1;+1. The van der Waals surface area contributed by atoms with Crippen LogP contribution in [0.2, 0.25) is 0 Å². The van der Waals surface area contributed by atoms with Crippen molar-refractivity contribution in [3.63, 3.8) is 0 Å². The third-order valence-electron chi connectivity index (χ3n) is 2.43. The summed E-state index contributed by atoms with van der Waals surface area (Å²) in [5, 5.41) is 1.07. The minimum absolute atomic E-state index is 0. The zero-order valence-corrected chi connectivity index (χ0v) is 15.5. The predicted octanol–water partition coefficient (Wildman–Crippen LogP) is -0.0402. The van der Waals surface area contributed by atoms with E-state index in [1.54, 1.807) is 13.8 Å². The quantitative estimate of drug-likeness (QED) is 0.577. The van der Waals surface area contributed by atoms with Gasteiger partial charge in [-0.05, 0) is 27.7 Å². The molecule has 0 aliphatic heterocycles. The average molecular weight is 294 g/mol. The topological polar surface area (TPSA) is 52.6 Å². The molecule has 0 N–H and O–H groups in total. The van der Waals surface area contributed by atoms with Crippen LogP contribution < -0.4 is 51.4 Å². The molecule has 0 unspecified atom stereocenters. The molecule has 94 valence electrons. The van der Waals surface area contributed by atoms with Crippen molar-refractivity contribution in [1.29, 1.82) is 0 Å². The van der Waals surface area contributed by atoms with Crippen LogP contribution in [-0.4, -0.2) is 25.2 Å². The zero-order chi connectivity index (χ0) is 13.0. The molecule has 0 saturated carbocycles. The molecular formula is C12H16KO4P. The number of hydrogen-bond acceptors (Lipinski definition) is 4. The van der Waals surface area contributed by atoms with E-state index >= 15 is 0 Å². The summed E-state index contributed by atoms with van der Waals surface area (Å²) < 4.78 is 9.90. The van der Waals surface area contributed by atoms with Crippen LogP contribution in [0.3, 0.4) is 0 Å². The second-order valence-electron chi connectivity index (χ2n) is 3.50. The Labute approximate surface area is 151 Å². The van der Waals surface area contributed by atoms with E-state index in [2.05, 4.69) is 0 Å². The predicted molar refractivity (Wildman–Crippen MR) is 65.9 cm³/mol. The van der Waals surface area contributed by atoms with Crippen LogP contribution in [0.5, 0.6) is 0 Å². The fourth-order valence-electron chi connectivity index (χ4n) is 1.43. The van der Waals surface area contributed by atoms with Gasteiger partial charge in [0.1, 0.15) is 0 Å². The molecule has 1 rings (SSSR count). The van der Waals surface area contributed by atoms with Crippen molar-refractivity contribution in [1.82, 2.24) is 0 Å². The van der Waals surface area contributed by atoms with Gasteiger partial charge in [0.25, 0.3) is 0 Å².